The lowest BCUT2D eigenvalue weighted by molar-refractivity contribution is 0.0698. The lowest BCUT2D eigenvalue weighted by Crippen LogP contribution is -2.15. The number of amides is 1. The number of halogens is 1. The quantitative estimate of drug-likeness (QED) is 0.905. The smallest absolute Gasteiger partial charge is 0.337 e. The van der Waals surface area contributed by atoms with Crippen LogP contribution in [0.4, 0.5) is 5.69 Å². The largest absolute Gasteiger partial charge is 0.478 e. The Kier molecular flexibility index (Phi) is 3.39. The third-order valence-electron chi connectivity index (χ3n) is 3.20. The number of nitrogens with one attached hydrogen (secondary N) is 1. The minimum atomic E-state index is -1.15. The average molecular weight is 307 g/mol. The number of anilines is 1. The molecule has 6 nitrogen and oxygen atoms in total. The molecule has 1 aromatic carbocycles. The first-order valence-electron chi connectivity index (χ1n) is 6.35. The SMILES string of the molecule is O=C(Nc1cc(Cl)ccc1C(=O)O)c1cc(C2CC2)on1. The molecule has 7 heteroatoms. The van der Waals surface area contributed by atoms with E-state index in [0.717, 1.165) is 12.8 Å². The fraction of sp³-hybridized carbons (Fsp3) is 0.214. The molecule has 0 aliphatic heterocycles. The molecule has 1 aliphatic rings. The minimum absolute atomic E-state index is 0.0429. The highest BCUT2D eigenvalue weighted by Crippen LogP contribution is 2.40. The van der Waals surface area contributed by atoms with Crippen LogP contribution in [0.5, 0.6) is 0 Å². The number of carboxylic acid groups (broad SMARTS) is 1. The molecule has 0 saturated heterocycles. The number of hydrogen-bond donors (Lipinski definition) is 2. The summed E-state index contributed by atoms with van der Waals surface area (Å²) >= 11 is 5.83. The van der Waals surface area contributed by atoms with Gasteiger partial charge in [0.15, 0.2) is 5.69 Å². The topological polar surface area (TPSA) is 92.4 Å². The summed E-state index contributed by atoms with van der Waals surface area (Å²) in [5, 5.41) is 15.6. The van der Waals surface area contributed by atoms with Gasteiger partial charge in [0, 0.05) is 17.0 Å². The lowest BCUT2D eigenvalue weighted by Gasteiger charge is -2.07. The molecule has 108 valence electrons. The first kappa shape index (κ1) is 13.6. The summed E-state index contributed by atoms with van der Waals surface area (Å²) in [4.78, 5) is 23.2. The first-order chi connectivity index (χ1) is 10.0. The molecule has 0 radical (unpaired) electrons. The molecule has 1 saturated carbocycles. The second-order valence-electron chi connectivity index (χ2n) is 4.84. The number of aromatic nitrogens is 1. The molecule has 2 aromatic rings. The Morgan fingerprint density at radius 1 is 1.33 bits per heavy atom. The lowest BCUT2D eigenvalue weighted by atomic mass is 10.1. The maximum absolute atomic E-state index is 12.1. The van der Waals surface area contributed by atoms with Gasteiger partial charge < -0.3 is 14.9 Å². The van der Waals surface area contributed by atoms with Crippen molar-refractivity contribution in [3.63, 3.8) is 0 Å². The Morgan fingerprint density at radius 2 is 2.10 bits per heavy atom. The van der Waals surface area contributed by atoms with Gasteiger partial charge in [-0.25, -0.2) is 4.79 Å². The normalized spacial score (nSPS) is 14.0. The number of hydrogen-bond acceptors (Lipinski definition) is 4. The van der Waals surface area contributed by atoms with Crippen LogP contribution in [0.3, 0.4) is 0 Å². The molecule has 1 amide bonds. The molecule has 0 spiro atoms. The van der Waals surface area contributed by atoms with Crippen molar-refractivity contribution in [2.75, 3.05) is 5.32 Å². The zero-order valence-corrected chi connectivity index (χ0v) is 11.6. The zero-order valence-electron chi connectivity index (χ0n) is 10.8. The third-order valence-corrected chi connectivity index (χ3v) is 3.44. The Balaban J connectivity index is 1.83. The maximum Gasteiger partial charge on any atom is 0.337 e. The van der Waals surface area contributed by atoms with Crippen LogP contribution in [-0.2, 0) is 0 Å². The second-order valence-corrected chi connectivity index (χ2v) is 5.27. The monoisotopic (exact) mass is 306 g/mol. The van der Waals surface area contributed by atoms with E-state index in [1.807, 2.05) is 0 Å². The summed E-state index contributed by atoms with van der Waals surface area (Å²) < 4.78 is 5.10. The van der Waals surface area contributed by atoms with Crippen LogP contribution in [0.25, 0.3) is 0 Å². The summed E-state index contributed by atoms with van der Waals surface area (Å²) in [6.07, 6.45) is 2.07. The van der Waals surface area contributed by atoms with Gasteiger partial charge in [-0.05, 0) is 31.0 Å². The van der Waals surface area contributed by atoms with E-state index < -0.39 is 11.9 Å². The van der Waals surface area contributed by atoms with Crippen molar-refractivity contribution in [3.05, 3.63) is 46.3 Å². The van der Waals surface area contributed by atoms with E-state index in [1.165, 1.54) is 18.2 Å². The molecular formula is C14H11ClN2O4. The van der Waals surface area contributed by atoms with Gasteiger partial charge in [0.1, 0.15) is 5.76 Å². The van der Waals surface area contributed by atoms with Gasteiger partial charge in [-0.3, -0.25) is 4.79 Å². The fourth-order valence-electron chi connectivity index (χ4n) is 1.95. The van der Waals surface area contributed by atoms with E-state index in [2.05, 4.69) is 10.5 Å². The van der Waals surface area contributed by atoms with Gasteiger partial charge in [-0.1, -0.05) is 16.8 Å². The van der Waals surface area contributed by atoms with E-state index in [1.54, 1.807) is 6.07 Å². The number of nitrogens with zero attached hydrogens (tertiary/aromatic N) is 1. The van der Waals surface area contributed by atoms with Crippen LogP contribution in [0.1, 0.15) is 45.4 Å². The Morgan fingerprint density at radius 3 is 2.76 bits per heavy atom. The van der Waals surface area contributed by atoms with Crippen molar-refractivity contribution >= 4 is 29.2 Å². The molecule has 1 aliphatic carbocycles. The summed E-state index contributed by atoms with van der Waals surface area (Å²) in [6.45, 7) is 0. The number of benzene rings is 1. The molecule has 0 bridgehead atoms. The van der Waals surface area contributed by atoms with E-state index in [9.17, 15) is 9.59 Å². The van der Waals surface area contributed by atoms with Gasteiger partial charge in [-0.2, -0.15) is 0 Å². The van der Waals surface area contributed by atoms with E-state index in [4.69, 9.17) is 21.2 Å². The standard InChI is InChI=1S/C14H11ClN2O4/c15-8-3-4-9(14(19)20)10(5-8)16-13(18)11-6-12(21-17-11)7-1-2-7/h3-7H,1-2H2,(H,16,18)(H,19,20). The number of carbonyl (C=O) groups is 2. The van der Waals surface area contributed by atoms with E-state index in [0.29, 0.717) is 16.7 Å². The molecule has 3 rings (SSSR count). The van der Waals surface area contributed by atoms with Gasteiger partial charge >= 0.3 is 5.97 Å². The summed E-state index contributed by atoms with van der Waals surface area (Å²) in [7, 11) is 0. The minimum Gasteiger partial charge on any atom is -0.478 e. The van der Waals surface area contributed by atoms with Crippen LogP contribution in [0.15, 0.2) is 28.8 Å². The van der Waals surface area contributed by atoms with Crippen LogP contribution in [0, 0.1) is 0 Å². The third kappa shape index (κ3) is 2.90. The number of rotatable bonds is 4. The average Bonchev–Trinajstić information content (AvgIpc) is 3.16. The van der Waals surface area contributed by atoms with Crippen LogP contribution < -0.4 is 5.32 Å². The Hall–Kier alpha value is -2.34. The summed E-state index contributed by atoms with van der Waals surface area (Å²) in [5.41, 5.74) is 0.197. The van der Waals surface area contributed by atoms with Crippen molar-refractivity contribution in [2.45, 2.75) is 18.8 Å². The molecule has 21 heavy (non-hydrogen) atoms. The molecule has 2 N–H and O–H groups in total. The number of carboxylic acids is 1. The highest BCUT2D eigenvalue weighted by Gasteiger charge is 2.29. The van der Waals surface area contributed by atoms with Crippen LogP contribution >= 0.6 is 11.6 Å². The fourth-order valence-corrected chi connectivity index (χ4v) is 2.12. The highest BCUT2D eigenvalue weighted by atomic mass is 35.5. The van der Waals surface area contributed by atoms with Gasteiger partial charge in [0.25, 0.3) is 5.91 Å². The van der Waals surface area contributed by atoms with Crippen LogP contribution in [-0.4, -0.2) is 22.1 Å². The second kappa shape index (κ2) is 5.21. The van der Waals surface area contributed by atoms with Crippen molar-refractivity contribution in [2.24, 2.45) is 0 Å². The molecule has 0 atom stereocenters. The van der Waals surface area contributed by atoms with Crippen molar-refractivity contribution in [3.8, 4) is 0 Å². The summed E-state index contributed by atoms with van der Waals surface area (Å²) in [5.74, 6) is -0.652. The predicted octanol–water partition coefficient (Wildman–Crippen LogP) is 3.16. The predicted molar refractivity (Wildman–Crippen MR) is 74.8 cm³/mol. The molecule has 1 fully saturated rings. The molecule has 1 aromatic heterocycles. The molecule has 1 heterocycles. The van der Waals surface area contributed by atoms with Crippen molar-refractivity contribution < 1.29 is 19.2 Å². The Labute approximate surface area is 124 Å². The van der Waals surface area contributed by atoms with Crippen molar-refractivity contribution in [1.82, 2.24) is 5.16 Å². The van der Waals surface area contributed by atoms with Crippen LogP contribution in [0.2, 0.25) is 5.02 Å². The number of aromatic carboxylic acids is 1. The van der Waals surface area contributed by atoms with E-state index >= 15 is 0 Å². The highest BCUT2D eigenvalue weighted by molar-refractivity contribution is 6.31. The Bertz CT molecular complexity index is 722. The summed E-state index contributed by atoms with van der Waals surface area (Å²) in [6, 6.07) is 5.74. The first-order valence-corrected chi connectivity index (χ1v) is 6.73. The maximum atomic E-state index is 12.1. The van der Waals surface area contributed by atoms with Gasteiger partial charge in [-0.15, -0.1) is 0 Å². The van der Waals surface area contributed by atoms with Gasteiger partial charge in [0.2, 0.25) is 0 Å². The zero-order chi connectivity index (χ0) is 15.0. The van der Waals surface area contributed by atoms with Gasteiger partial charge in [0.05, 0.1) is 11.3 Å². The molecular weight excluding hydrogens is 296 g/mol. The van der Waals surface area contributed by atoms with E-state index in [-0.39, 0.29) is 16.9 Å². The molecule has 0 unspecified atom stereocenters. The number of carbonyl (C=O) groups excluding carboxylic acids is 1. The van der Waals surface area contributed by atoms with Crippen molar-refractivity contribution in [1.29, 1.82) is 0 Å².